The number of aromatic nitrogens is 4. The molecule has 4 heterocycles. The highest BCUT2D eigenvalue weighted by molar-refractivity contribution is 6.61. The van der Waals surface area contributed by atoms with Crippen molar-refractivity contribution < 1.29 is 0 Å². The van der Waals surface area contributed by atoms with Gasteiger partial charge in [-0.2, -0.15) is 0 Å². The summed E-state index contributed by atoms with van der Waals surface area (Å²) in [7, 11) is 0. The normalized spacial score (nSPS) is 12.9. The van der Waals surface area contributed by atoms with Crippen LogP contribution in [0.4, 0.5) is 0 Å². The van der Waals surface area contributed by atoms with Gasteiger partial charge in [-0.3, -0.25) is 30.8 Å². The van der Waals surface area contributed by atoms with E-state index in [2.05, 4.69) is 65.4 Å². The van der Waals surface area contributed by atoms with Crippen LogP contribution >= 0.6 is 0 Å². The Labute approximate surface area is 280 Å². The number of nitrogens with zero attached hydrogens (tertiary/aromatic N) is 4. The van der Waals surface area contributed by atoms with Crippen molar-refractivity contribution in [3.05, 3.63) is 157 Å². The van der Waals surface area contributed by atoms with Crippen LogP contribution in [0.15, 0.2) is 140 Å². The van der Waals surface area contributed by atoms with Gasteiger partial charge < -0.3 is 0 Å². The van der Waals surface area contributed by atoms with Crippen LogP contribution in [0.3, 0.4) is 0 Å². The van der Waals surface area contributed by atoms with Crippen LogP contribution < -0.4 is 0 Å². The molecule has 232 valence electrons. The minimum absolute atomic E-state index is 0.117. The van der Waals surface area contributed by atoms with Crippen molar-refractivity contribution in [1.29, 1.82) is 10.8 Å². The molecular formula is C42H34N6. The van der Waals surface area contributed by atoms with E-state index in [1.807, 2.05) is 73.1 Å². The van der Waals surface area contributed by atoms with Crippen molar-refractivity contribution in [1.82, 2.24) is 19.9 Å². The molecule has 0 atom stereocenters. The highest BCUT2D eigenvalue weighted by Crippen LogP contribution is 2.30. The second-order valence-electron chi connectivity index (χ2n) is 11.8. The molecule has 0 saturated heterocycles. The summed E-state index contributed by atoms with van der Waals surface area (Å²) in [5.74, 6) is 0. The summed E-state index contributed by atoms with van der Waals surface area (Å²) in [6, 6.07) is 35.0. The second-order valence-corrected chi connectivity index (χ2v) is 11.8. The van der Waals surface area contributed by atoms with E-state index in [0.717, 1.165) is 56.8 Å². The standard InChI is InChI=1S/C42H34N6/c1-2-3-7-28-10-12-30(13-11-28)32-19-21-46-41(25-32)34-15-17-39(48-27-34)36-22-35(23-37(43)42(36)44)38-16-14-33(26-47-38)40-24-31(18-20-45-40)29-8-5-4-6-9-29/h4-6,8-27,43-44H,2-3,7H2,1H3. The van der Waals surface area contributed by atoms with Crippen LogP contribution in [0.5, 0.6) is 0 Å². The molecule has 6 aromatic rings. The summed E-state index contributed by atoms with van der Waals surface area (Å²) in [6.07, 6.45) is 14.3. The maximum atomic E-state index is 8.65. The van der Waals surface area contributed by atoms with Gasteiger partial charge in [-0.05, 0) is 101 Å². The first kappa shape index (κ1) is 30.5. The SMILES string of the molecule is CCCCc1ccc(-c2ccnc(-c3ccc(C4=CC(c5ccc(-c6cc(-c7ccccc7)ccn6)cn5)=CC(=N)C4=N)nc3)c2)cc1. The second kappa shape index (κ2) is 13.7. The van der Waals surface area contributed by atoms with E-state index in [-0.39, 0.29) is 11.4 Å². The zero-order valence-electron chi connectivity index (χ0n) is 26.7. The van der Waals surface area contributed by atoms with Crippen molar-refractivity contribution in [3.63, 3.8) is 0 Å². The number of aryl methyl sites for hydroxylation is 1. The predicted molar refractivity (Wildman–Crippen MR) is 196 cm³/mol. The van der Waals surface area contributed by atoms with E-state index < -0.39 is 0 Å². The quantitative estimate of drug-likeness (QED) is 0.157. The first-order valence-electron chi connectivity index (χ1n) is 16.2. The summed E-state index contributed by atoms with van der Waals surface area (Å²) in [5.41, 5.74) is 12.2. The molecule has 0 unspecified atom stereocenters. The van der Waals surface area contributed by atoms with Gasteiger partial charge in [0.2, 0.25) is 0 Å². The fourth-order valence-electron chi connectivity index (χ4n) is 5.82. The summed E-state index contributed by atoms with van der Waals surface area (Å²) in [6.45, 7) is 2.21. The van der Waals surface area contributed by atoms with Crippen LogP contribution in [0, 0.1) is 10.8 Å². The van der Waals surface area contributed by atoms with Gasteiger partial charge in [0.15, 0.2) is 0 Å². The molecular weight excluding hydrogens is 589 g/mol. The lowest BCUT2D eigenvalue weighted by Gasteiger charge is -2.16. The molecule has 1 aliphatic rings. The maximum Gasteiger partial charge on any atom is 0.0883 e. The molecule has 6 heteroatoms. The summed E-state index contributed by atoms with van der Waals surface area (Å²) in [4.78, 5) is 18.6. The van der Waals surface area contributed by atoms with Crippen LogP contribution in [0.2, 0.25) is 0 Å². The average molecular weight is 623 g/mol. The number of nitrogens with one attached hydrogen (secondary N) is 2. The fourth-order valence-corrected chi connectivity index (χ4v) is 5.82. The van der Waals surface area contributed by atoms with Crippen molar-refractivity contribution in [3.8, 4) is 44.8 Å². The van der Waals surface area contributed by atoms with Crippen molar-refractivity contribution in [2.24, 2.45) is 0 Å². The molecule has 0 aliphatic heterocycles. The molecule has 0 amide bonds. The number of allylic oxidation sites excluding steroid dienone is 4. The molecule has 0 saturated carbocycles. The molecule has 0 bridgehead atoms. The largest absolute Gasteiger partial charge is 0.299 e. The molecule has 4 aromatic heterocycles. The monoisotopic (exact) mass is 622 g/mol. The van der Waals surface area contributed by atoms with Crippen LogP contribution in [0.1, 0.15) is 36.7 Å². The van der Waals surface area contributed by atoms with Gasteiger partial charge in [0, 0.05) is 47.1 Å². The number of hydrogen-bond acceptors (Lipinski definition) is 6. The third-order valence-corrected chi connectivity index (χ3v) is 8.56. The fraction of sp³-hybridized carbons (Fsp3) is 0.0952. The topological polar surface area (TPSA) is 99.3 Å². The Hall–Kier alpha value is -6.14. The van der Waals surface area contributed by atoms with Gasteiger partial charge in [0.1, 0.15) is 0 Å². The highest BCUT2D eigenvalue weighted by atomic mass is 14.7. The zero-order chi connectivity index (χ0) is 32.9. The summed E-state index contributed by atoms with van der Waals surface area (Å²) in [5, 5.41) is 17.2. The Balaban J connectivity index is 1.11. The number of pyridine rings is 4. The van der Waals surface area contributed by atoms with Crippen LogP contribution in [-0.2, 0) is 6.42 Å². The third-order valence-electron chi connectivity index (χ3n) is 8.56. The molecule has 0 radical (unpaired) electrons. The van der Waals surface area contributed by atoms with E-state index in [9.17, 15) is 0 Å². The first-order chi connectivity index (χ1) is 23.6. The molecule has 7 rings (SSSR count). The molecule has 48 heavy (non-hydrogen) atoms. The van der Waals surface area contributed by atoms with E-state index in [1.54, 1.807) is 18.5 Å². The Kier molecular flexibility index (Phi) is 8.70. The maximum absolute atomic E-state index is 8.65. The van der Waals surface area contributed by atoms with Crippen molar-refractivity contribution in [2.45, 2.75) is 26.2 Å². The Morgan fingerprint density at radius 1 is 0.521 bits per heavy atom. The van der Waals surface area contributed by atoms with Gasteiger partial charge in [-0.15, -0.1) is 0 Å². The number of benzene rings is 2. The van der Waals surface area contributed by atoms with Crippen LogP contribution in [0.25, 0.3) is 55.9 Å². The number of hydrogen-bond donors (Lipinski definition) is 2. The van der Waals surface area contributed by atoms with Gasteiger partial charge in [0.05, 0.1) is 34.2 Å². The predicted octanol–water partition coefficient (Wildman–Crippen LogP) is 9.80. The molecule has 1 aliphatic carbocycles. The molecule has 2 N–H and O–H groups in total. The van der Waals surface area contributed by atoms with E-state index in [1.165, 1.54) is 18.4 Å². The Morgan fingerprint density at radius 3 is 1.69 bits per heavy atom. The average Bonchev–Trinajstić information content (AvgIpc) is 3.16. The Bertz CT molecular complexity index is 2160. The summed E-state index contributed by atoms with van der Waals surface area (Å²) < 4.78 is 0. The van der Waals surface area contributed by atoms with Gasteiger partial charge in [0.25, 0.3) is 0 Å². The van der Waals surface area contributed by atoms with E-state index in [0.29, 0.717) is 17.0 Å². The molecule has 0 spiro atoms. The van der Waals surface area contributed by atoms with Gasteiger partial charge in [-0.25, -0.2) is 0 Å². The lowest BCUT2D eigenvalue weighted by Crippen LogP contribution is -2.16. The minimum Gasteiger partial charge on any atom is -0.299 e. The highest BCUT2D eigenvalue weighted by Gasteiger charge is 2.20. The lowest BCUT2D eigenvalue weighted by atomic mass is 9.91. The number of rotatable bonds is 9. The molecule has 0 fully saturated rings. The number of unbranched alkanes of at least 4 members (excludes halogenated alkanes) is 1. The van der Waals surface area contributed by atoms with Crippen LogP contribution in [-0.4, -0.2) is 31.4 Å². The zero-order valence-corrected chi connectivity index (χ0v) is 26.7. The van der Waals surface area contributed by atoms with Gasteiger partial charge >= 0.3 is 0 Å². The first-order valence-corrected chi connectivity index (χ1v) is 16.2. The molecule has 6 nitrogen and oxygen atoms in total. The third kappa shape index (κ3) is 6.55. The van der Waals surface area contributed by atoms with Crippen molar-refractivity contribution in [2.75, 3.05) is 0 Å². The molecule has 2 aromatic carbocycles. The Morgan fingerprint density at radius 2 is 1.10 bits per heavy atom. The van der Waals surface area contributed by atoms with Gasteiger partial charge in [-0.1, -0.05) is 67.9 Å². The minimum atomic E-state index is 0.117. The lowest BCUT2D eigenvalue weighted by molar-refractivity contribution is 0.795. The van der Waals surface area contributed by atoms with E-state index in [4.69, 9.17) is 20.8 Å². The van der Waals surface area contributed by atoms with E-state index >= 15 is 0 Å². The van der Waals surface area contributed by atoms with Crippen molar-refractivity contribution >= 4 is 22.6 Å². The smallest absolute Gasteiger partial charge is 0.0883 e. The summed E-state index contributed by atoms with van der Waals surface area (Å²) >= 11 is 0.